The number of nitrogens with one attached hydrogen (secondary N) is 1. The van der Waals surface area contributed by atoms with E-state index in [1.807, 2.05) is 0 Å². The molecule has 6 N–H and O–H groups in total. The van der Waals surface area contributed by atoms with E-state index in [9.17, 15) is 9.18 Å². The minimum Gasteiger partial charge on any atom is -0.409 e. The molecule has 0 heterocycles. The van der Waals surface area contributed by atoms with E-state index in [2.05, 4.69) is 10.5 Å². The number of halogens is 1. The Kier molecular flexibility index (Phi) is 4.41. The van der Waals surface area contributed by atoms with E-state index in [4.69, 9.17) is 16.7 Å². The van der Waals surface area contributed by atoms with Crippen LogP contribution in [-0.2, 0) is 11.3 Å². The van der Waals surface area contributed by atoms with E-state index in [1.54, 1.807) is 6.07 Å². The van der Waals surface area contributed by atoms with Crippen LogP contribution in [0.1, 0.15) is 11.1 Å². The highest BCUT2D eigenvalue weighted by Gasteiger charge is 2.05. The van der Waals surface area contributed by atoms with E-state index in [1.165, 1.54) is 6.07 Å². The number of hydrogen-bond acceptors (Lipinski definition) is 4. The van der Waals surface area contributed by atoms with Crippen molar-refractivity contribution in [2.75, 3.05) is 6.54 Å². The zero-order valence-electron chi connectivity index (χ0n) is 8.98. The molecule has 0 aromatic heterocycles. The number of oxime groups is 1. The maximum absolute atomic E-state index is 13.2. The molecule has 1 aromatic rings. The van der Waals surface area contributed by atoms with Crippen LogP contribution in [-0.4, -0.2) is 23.5 Å². The summed E-state index contributed by atoms with van der Waals surface area (Å²) in [6.07, 6.45) is 0. The number of carbonyl (C=O) groups is 1. The fourth-order valence-corrected chi connectivity index (χ4v) is 1.29. The first-order chi connectivity index (χ1) is 8.02. The van der Waals surface area contributed by atoms with Crippen molar-refractivity contribution in [1.29, 1.82) is 0 Å². The molecule has 0 spiro atoms. The Morgan fingerprint density at radius 3 is 2.71 bits per heavy atom. The van der Waals surface area contributed by atoms with Crippen LogP contribution in [0.15, 0.2) is 23.4 Å². The van der Waals surface area contributed by atoms with Crippen LogP contribution >= 0.6 is 0 Å². The molecule has 0 fully saturated rings. The van der Waals surface area contributed by atoms with Gasteiger partial charge in [0.05, 0.1) is 6.54 Å². The molecule has 1 aromatic carbocycles. The molecule has 0 atom stereocenters. The third-order valence-corrected chi connectivity index (χ3v) is 1.99. The van der Waals surface area contributed by atoms with Gasteiger partial charge in [0.25, 0.3) is 0 Å². The van der Waals surface area contributed by atoms with Crippen LogP contribution in [0.2, 0.25) is 0 Å². The van der Waals surface area contributed by atoms with Crippen molar-refractivity contribution in [3.63, 3.8) is 0 Å². The molecule has 17 heavy (non-hydrogen) atoms. The first-order valence-corrected chi connectivity index (χ1v) is 4.79. The Balaban J connectivity index is 2.79. The maximum atomic E-state index is 13.2. The number of amidine groups is 1. The van der Waals surface area contributed by atoms with Crippen LogP contribution in [0.4, 0.5) is 4.39 Å². The predicted molar refractivity (Wildman–Crippen MR) is 59.8 cm³/mol. The standard InChI is InChI=1S/C10H13FN4O2/c11-8-2-6(4-14-5-9(12)16)1-7(3-8)10(13)15-17/h1-3,14,17H,4-5H2,(H2,12,16)(H2,13,15). The predicted octanol–water partition coefficient (Wildman–Crippen LogP) is -0.505. The van der Waals surface area contributed by atoms with Crippen molar-refractivity contribution in [3.8, 4) is 0 Å². The van der Waals surface area contributed by atoms with E-state index in [0.29, 0.717) is 5.56 Å². The number of hydrogen-bond donors (Lipinski definition) is 4. The van der Waals surface area contributed by atoms with Crippen LogP contribution in [0.25, 0.3) is 0 Å². The number of rotatable bonds is 5. The summed E-state index contributed by atoms with van der Waals surface area (Å²) in [7, 11) is 0. The maximum Gasteiger partial charge on any atom is 0.231 e. The van der Waals surface area contributed by atoms with Crippen molar-refractivity contribution in [3.05, 3.63) is 35.1 Å². The van der Waals surface area contributed by atoms with Crippen molar-refractivity contribution >= 4 is 11.7 Å². The fourth-order valence-electron chi connectivity index (χ4n) is 1.29. The summed E-state index contributed by atoms with van der Waals surface area (Å²) in [5, 5.41) is 14.0. The second-order valence-corrected chi connectivity index (χ2v) is 3.40. The van der Waals surface area contributed by atoms with Crippen LogP contribution in [0.3, 0.4) is 0 Å². The van der Waals surface area contributed by atoms with Gasteiger partial charge in [-0.05, 0) is 23.8 Å². The molecule has 0 aliphatic heterocycles. The lowest BCUT2D eigenvalue weighted by Gasteiger charge is -2.06. The Hall–Kier alpha value is -2.15. The summed E-state index contributed by atoms with van der Waals surface area (Å²) in [5.41, 5.74) is 11.1. The number of benzene rings is 1. The Morgan fingerprint density at radius 2 is 2.12 bits per heavy atom. The van der Waals surface area contributed by atoms with Crippen LogP contribution < -0.4 is 16.8 Å². The van der Waals surface area contributed by atoms with Gasteiger partial charge >= 0.3 is 0 Å². The quantitative estimate of drug-likeness (QED) is 0.240. The van der Waals surface area contributed by atoms with Crippen molar-refractivity contribution in [2.45, 2.75) is 6.54 Å². The first-order valence-electron chi connectivity index (χ1n) is 4.79. The SMILES string of the molecule is NC(=O)CNCc1cc(F)cc(/C(N)=N/O)c1. The molecule has 1 rings (SSSR count). The van der Waals surface area contributed by atoms with Crippen molar-refractivity contribution in [2.24, 2.45) is 16.6 Å². The molecule has 0 aliphatic carbocycles. The van der Waals surface area contributed by atoms with E-state index < -0.39 is 11.7 Å². The molecular weight excluding hydrogens is 227 g/mol. The monoisotopic (exact) mass is 240 g/mol. The molecule has 0 saturated carbocycles. The molecule has 92 valence electrons. The number of primary amides is 1. The average molecular weight is 240 g/mol. The highest BCUT2D eigenvalue weighted by atomic mass is 19.1. The third kappa shape index (κ3) is 4.07. The Morgan fingerprint density at radius 1 is 1.41 bits per heavy atom. The van der Waals surface area contributed by atoms with Gasteiger partial charge in [-0.15, -0.1) is 0 Å². The molecule has 0 aliphatic rings. The van der Waals surface area contributed by atoms with Gasteiger partial charge in [0, 0.05) is 12.1 Å². The minimum absolute atomic E-state index is 0.00455. The summed E-state index contributed by atoms with van der Waals surface area (Å²) in [4.78, 5) is 10.5. The molecule has 6 nitrogen and oxygen atoms in total. The number of nitrogens with zero attached hydrogens (tertiary/aromatic N) is 1. The fraction of sp³-hybridized carbons (Fsp3) is 0.200. The van der Waals surface area contributed by atoms with Crippen molar-refractivity contribution in [1.82, 2.24) is 5.32 Å². The lowest BCUT2D eigenvalue weighted by molar-refractivity contribution is -0.117. The summed E-state index contributed by atoms with van der Waals surface area (Å²) in [5.74, 6) is -1.19. The van der Waals surface area contributed by atoms with Gasteiger partial charge in [-0.2, -0.15) is 0 Å². The van der Waals surface area contributed by atoms with Gasteiger partial charge in [-0.25, -0.2) is 4.39 Å². The summed E-state index contributed by atoms with van der Waals surface area (Å²) in [6.45, 7) is 0.252. The Bertz CT molecular complexity index is 448. The second kappa shape index (κ2) is 5.80. The van der Waals surface area contributed by atoms with Gasteiger partial charge in [-0.1, -0.05) is 5.16 Å². The number of nitrogens with two attached hydrogens (primary N) is 2. The van der Waals surface area contributed by atoms with Crippen LogP contribution in [0.5, 0.6) is 0 Å². The summed E-state index contributed by atoms with van der Waals surface area (Å²) < 4.78 is 13.2. The topological polar surface area (TPSA) is 114 Å². The Labute approximate surface area is 97.1 Å². The lowest BCUT2D eigenvalue weighted by atomic mass is 10.1. The zero-order chi connectivity index (χ0) is 12.8. The molecule has 0 bridgehead atoms. The van der Waals surface area contributed by atoms with Gasteiger partial charge in [-0.3, -0.25) is 4.79 Å². The first kappa shape index (κ1) is 12.9. The zero-order valence-corrected chi connectivity index (χ0v) is 8.98. The average Bonchev–Trinajstić information content (AvgIpc) is 2.26. The number of carbonyl (C=O) groups excluding carboxylic acids is 1. The highest BCUT2D eigenvalue weighted by molar-refractivity contribution is 5.97. The minimum atomic E-state index is -0.509. The molecular formula is C10H13FN4O2. The third-order valence-electron chi connectivity index (χ3n) is 1.99. The number of amides is 1. The van der Waals surface area contributed by atoms with Gasteiger partial charge in [0.1, 0.15) is 5.82 Å². The molecule has 0 unspecified atom stereocenters. The summed E-state index contributed by atoms with van der Waals surface area (Å²) >= 11 is 0. The van der Waals surface area contributed by atoms with Crippen LogP contribution in [0, 0.1) is 5.82 Å². The van der Waals surface area contributed by atoms with Gasteiger partial charge in [0.15, 0.2) is 5.84 Å². The van der Waals surface area contributed by atoms with E-state index >= 15 is 0 Å². The lowest BCUT2D eigenvalue weighted by Crippen LogP contribution is -2.28. The normalized spacial score (nSPS) is 11.5. The molecule has 7 heteroatoms. The molecule has 1 amide bonds. The van der Waals surface area contributed by atoms with Gasteiger partial charge < -0.3 is 22.0 Å². The largest absolute Gasteiger partial charge is 0.409 e. The summed E-state index contributed by atoms with van der Waals surface area (Å²) in [6, 6.07) is 3.97. The van der Waals surface area contributed by atoms with Crippen molar-refractivity contribution < 1.29 is 14.4 Å². The second-order valence-electron chi connectivity index (χ2n) is 3.40. The molecule has 0 saturated heterocycles. The highest BCUT2D eigenvalue weighted by Crippen LogP contribution is 2.09. The smallest absolute Gasteiger partial charge is 0.231 e. The van der Waals surface area contributed by atoms with E-state index in [-0.39, 0.29) is 24.5 Å². The van der Waals surface area contributed by atoms with E-state index in [0.717, 1.165) is 6.07 Å². The van der Waals surface area contributed by atoms with Gasteiger partial charge in [0.2, 0.25) is 5.91 Å². The molecule has 0 radical (unpaired) electrons.